The van der Waals surface area contributed by atoms with E-state index in [2.05, 4.69) is 12.2 Å². The minimum Gasteiger partial charge on any atom is -0.457 e. The third-order valence-corrected chi connectivity index (χ3v) is 3.78. The van der Waals surface area contributed by atoms with E-state index in [4.69, 9.17) is 21.4 Å². The summed E-state index contributed by atoms with van der Waals surface area (Å²) < 4.78 is 5.90. The van der Waals surface area contributed by atoms with Crippen molar-refractivity contribution < 1.29 is 9.84 Å². The summed E-state index contributed by atoms with van der Waals surface area (Å²) in [7, 11) is 1.90. The summed E-state index contributed by atoms with van der Waals surface area (Å²) in [4.78, 5) is 0. The first-order valence-corrected chi connectivity index (χ1v) is 7.37. The fraction of sp³-hybridized carbons (Fsp3) is 0.294. The highest BCUT2D eigenvalue weighted by Crippen LogP contribution is 2.31. The predicted molar refractivity (Wildman–Crippen MR) is 86.2 cm³/mol. The van der Waals surface area contributed by atoms with Crippen LogP contribution in [0, 0.1) is 0 Å². The van der Waals surface area contributed by atoms with Gasteiger partial charge in [0.1, 0.15) is 11.5 Å². The number of rotatable bonds is 6. The molecule has 4 heteroatoms. The first-order valence-electron chi connectivity index (χ1n) is 6.99. The largest absolute Gasteiger partial charge is 0.457 e. The van der Waals surface area contributed by atoms with Gasteiger partial charge in [-0.1, -0.05) is 35.9 Å². The van der Waals surface area contributed by atoms with E-state index in [1.165, 1.54) is 0 Å². The Labute approximate surface area is 130 Å². The highest BCUT2D eigenvalue weighted by molar-refractivity contribution is 6.31. The van der Waals surface area contributed by atoms with Gasteiger partial charge >= 0.3 is 0 Å². The lowest BCUT2D eigenvalue weighted by Crippen LogP contribution is -2.12. The highest BCUT2D eigenvalue weighted by Gasteiger charge is 2.10. The van der Waals surface area contributed by atoms with E-state index in [1.807, 2.05) is 49.5 Å². The van der Waals surface area contributed by atoms with Gasteiger partial charge in [-0.15, -0.1) is 0 Å². The average Bonchev–Trinajstić information content (AvgIpc) is 2.49. The number of benzene rings is 2. The molecule has 0 aliphatic carbocycles. The fourth-order valence-electron chi connectivity index (χ4n) is 2.14. The summed E-state index contributed by atoms with van der Waals surface area (Å²) in [5.41, 5.74) is 2.01. The Morgan fingerprint density at radius 2 is 2.00 bits per heavy atom. The molecule has 21 heavy (non-hydrogen) atoms. The monoisotopic (exact) mass is 305 g/mol. The number of hydrogen-bond acceptors (Lipinski definition) is 3. The van der Waals surface area contributed by atoms with Crippen molar-refractivity contribution in [2.24, 2.45) is 0 Å². The van der Waals surface area contributed by atoms with Crippen LogP contribution >= 0.6 is 11.6 Å². The van der Waals surface area contributed by atoms with Gasteiger partial charge in [-0.05, 0) is 49.7 Å². The molecule has 1 atom stereocenters. The minimum atomic E-state index is 0.0970. The molecule has 2 aromatic rings. The quantitative estimate of drug-likeness (QED) is 0.849. The lowest BCUT2D eigenvalue weighted by atomic mass is 10.1. The third-order valence-electron chi connectivity index (χ3n) is 3.45. The van der Waals surface area contributed by atoms with Crippen LogP contribution in [0.2, 0.25) is 5.02 Å². The van der Waals surface area contributed by atoms with Gasteiger partial charge in [-0.3, -0.25) is 0 Å². The van der Waals surface area contributed by atoms with Gasteiger partial charge in [-0.25, -0.2) is 0 Å². The van der Waals surface area contributed by atoms with Crippen molar-refractivity contribution in [1.82, 2.24) is 5.32 Å². The first-order chi connectivity index (χ1) is 10.2. The average molecular weight is 306 g/mol. The SMILES string of the molecule is CNC(C)c1ccc(Oc2ccccc2CCO)cc1Cl. The number of aliphatic hydroxyl groups is 1. The molecule has 0 saturated carbocycles. The fourth-order valence-corrected chi connectivity index (χ4v) is 2.47. The van der Waals surface area contributed by atoms with E-state index in [0.29, 0.717) is 17.2 Å². The van der Waals surface area contributed by atoms with Gasteiger partial charge in [0, 0.05) is 17.7 Å². The predicted octanol–water partition coefficient (Wildman–Crippen LogP) is 3.95. The van der Waals surface area contributed by atoms with Crippen molar-refractivity contribution in [3.63, 3.8) is 0 Å². The summed E-state index contributed by atoms with van der Waals surface area (Å²) >= 11 is 6.31. The highest BCUT2D eigenvalue weighted by atomic mass is 35.5. The van der Waals surface area contributed by atoms with Crippen LogP contribution in [0.15, 0.2) is 42.5 Å². The van der Waals surface area contributed by atoms with Gasteiger partial charge in [0.25, 0.3) is 0 Å². The first kappa shape index (κ1) is 15.8. The van der Waals surface area contributed by atoms with Crippen LogP contribution in [0.5, 0.6) is 11.5 Å². The van der Waals surface area contributed by atoms with Gasteiger partial charge in [0.2, 0.25) is 0 Å². The lowest BCUT2D eigenvalue weighted by Gasteiger charge is -2.15. The molecule has 2 N–H and O–H groups in total. The number of halogens is 1. The number of para-hydroxylation sites is 1. The van der Waals surface area contributed by atoms with Crippen molar-refractivity contribution in [2.75, 3.05) is 13.7 Å². The molecule has 0 amide bonds. The van der Waals surface area contributed by atoms with E-state index in [1.54, 1.807) is 0 Å². The summed E-state index contributed by atoms with van der Waals surface area (Å²) in [5.74, 6) is 1.44. The van der Waals surface area contributed by atoms with Crippen LogP contribution in [0.25, 0.3) is 0 Å². The molecule has 0 aliphatic rings. The van der Waals surface area contributed by atoms with Gasteiger partial charge < -0.3 is 15.2 Å². The smallest absolute Gasteiger partial charge is 0.130 e. The Balaban J connectivity index is 2.23. The molecule has 0 heterocycles. The molecule has 2 aromatic carbocycles. The van der Waals surface area contributed by atoms with Gasteiger partial charge in [-0.2, -0.15) is 0 Å². The maximum Gasteiger partial charge on any atom is 0.130 e. The number of ether oxygens (including phenoxy) is 1. The van der Waals surface area contributed by atoms with Gasteiger partial charge in [0.15, 0.2) is 0 Å². The molecular formula is C17H20ClNO2. The molecule has 0 fully saturated rings. The molecule has 0 aliphatic heterocycles. The van der Waals surface area contributed by atoms with Crippen LogP contribution in [0.3, 0.4) is 0 Å². The Morgan fingerprint density at radius 3 is 2.67 bits per heavy atom. The van der Waals surface area contributed by atoms with Crippen molar-refractivity contribution in [1.29, 1.82) is 0 Å². The summed E-state index contributed by atoms with van der Waals surface area (Å²) in [6, 6.07) is 13.6. The standard InChI is InChI=1S/C17H20ClNO2/c1-12(19-2)15-8-7-14(11-16(15)18)21-17-6-4-3-5-13(17)9-10-20/h3-8,11-12,19-20H,9-10H2,1-2H3. The maximum absolute atomic E-state index is 9.10. The van der Waals surface area contributed by atoms with Crippen molar-refractivity contribution in [2.45, 2.75) is 19.4 Å². The molecule has 0 bridgehead atoms. The van der Waals surface area contributed by atoms with Crippen molar-refractivity contribution in [3.05, 3.63) is 58.6 Å². The minimum absolute atomic E-state index is 0.0970. The molecule has 0 radical (unpaired) electrons. The number of nitrogens with one attached hydrogen (secondary N) is 1. The zero-order valence-corrected chi connectivity index (χ0v) is 13.0. The molecule has 2 rings (SSSR count). The maximum atomic E-state index is 9.10. The van der Waals surface area contributed by atoms with Crippen LogP contribution in [0.4, 0.5) is 0 Å². The molecular weight excluding hydrogens is 286 g/mol. The second kappa shape index (κ2) is 7.46. The van der Waals surface area contributed by atoms with Crippen LogP contribution in [0.1, 0.15) is 24.1 Å². The van der Waals surface area contributed by atoms with Crippen molar-refractivity contribution >= 4 is 11.6 Å². The molecule has 1 unspecified atom stereocenters. The summed E-state index contributed by atoms with van der Waals surface area (Å²) in [6.07, 6.45) is 0.568. The van der Waals surface area contributed by atoms with Gasteiger partial charge in [0.05, 0.1) is 0 Å². The Kier molecular flexibility index (Phi) is 5.62. The van der Waals surface area contributed by atoms with Crippen molar-refractivity contribution in [3.8, 4) is 11.5 Å². The third kappa shape index (κ3) is 3.97. The van der Waals surface area contributed by atoms with E-state index < -0.39 is 0 Å². The second-order valence-electron chi connectivity index (χ2n) is 4.88. The second-order valence-corrected chi connectivity index (χ2v) is 5.28. The van der Waals surface area contributed by atoms with Crippen LogP contribution < -0.4 is 10.1 Å². The van der Waals surface area contributed by atoms with E-state index >= 15 is 0 Å². The van der Waals surface area contributed by atoms with Crippen LogP contribution in [-0.4, -0.2) is 18.8 Å². The molecule has 0 aromatic heterocycles. The zero-order valence-electron chi connectivity index (χ0n) is 12.3. The molecule has 0 saturated heterocycles. The van der Waals surface area contributed by atoms with E-state index in [0.717, 1.165) is 16.9 Å². The molecule has 3 nitrogen and oxygen atoms in total. The molecule has 0 spiro atoms. The Hall–Kier alpha value is -1.55. The summed E-state index contributed by atoms with van der Waals surface area (Å²) in [6.45, 7) is 2.15. The van der Waals surface area contributed by atoms with E-state index in [9.17, 15) is 0 Å². The Bertz CT molecular complexity index is 601. The topological polar surface area (TPSA) is 41.5 Å². The summed E-state index contributed by atoms with van der Waals surface area (Å²) in [5, 5.41) is 12.9. The number of hydrogen-bond donors (Lipinski definition) is 2. The van der Waals surface area contributed by atoms with E-state index in [-0.39, 0.29) is 12.6 Å². The molecule has 112 valence electrons. The lowest BCUT2D eigenvalue weighted by molar-refractivity contribution is 0.298. The van der Waals surface area contributed by atoms with Crippen LogP contribution in [-0.2, 0) is 6.42 Å². The normalized spacial score (nSPS) is 12.2. The Morgan fingerprint density at radius 1 is 1.24 bits per heavy atom. The number of aliphatic hydroxyl groups excluding tert-OH is 1. The zero-order chi connectivity index (χ0) is 15.2.